The fourth-order valence-electron chi connectivity index (χ4n) is 1.51. The Balaban J connectivity index is 2.40. The Kier molecular flexibility index (Phi) is 3.63. The van der Waals surface area contributed by atoms with Crippen molar-refractivity contribution in [2.75, 3.05) is 0 Å². The quantitative estimate of drug-likeness (QED) is 0.810. The molecule has 0 bridgehead atoms. The Labute approximate surface area is 107 Å². The molecule has 2 aromatic heterocycles. The second-order valence-corrected chi connectivity index (χ2v) is 4.34. The van der Waals surface area contributed by atoms with Gasteiger partial charge in [-0.05, 0) is 22.4 Å². The molecule has 0 radical (unpaired) electrons. The molecule has 0 N–H and O–H groups in total. The van der Waals surface area contributed by atoms with Crippen LogP contribution in [0.15, 0.2) is 29.3 Å². The molecule has 88 valence electrons. The number of aryl methyl sites for hydroxylation is 1. The maximum Gasteiger partial charge on any atom is 0.232 e. The molecule has 2 aromatic rings. The van der Waals surface area contributed by atoms with Gasteiger partial charge in [0.25, 0.3) is 0 Å². The van der Waals surface area contributed by atoms with Gasteiger partial charge in [0, 0.05) is 18.9 Å². The predicted molar refractivity (Wildman–Crippen MR) is 65.7 cm³/mol. The van der Waals surface area contributed by atoms with Crippen molar-refractivity contribution < 1.29 is 4.79 Å². The summed E-state index contributed by atoms with van der Waals surface area (Å²) in [6, 6.07) is 0. The molecule has 0 fully saturated rings. The molecule has 0 amide bonds. The molecule has 17 heavy (non-hydrogen) atoms. The van der Waals surface area contributed by atoms with E-state index >= 15 is 0 Å². The third kappa shape index (κ3) is 2.41. The molecule has 2 rings (SSSR count). The van der Waals surface area contributed by atoms with Gasteiger partial charge >= 0.3 is 0 Å². The standard InChI is InChI=1S/C11H11BrN4O/c1-2-5-16-10(8(12)6-15-16)11(17)9-7-13-3-4-14-9/h3-4,6-7H,2,5H2,1H3. The highest BCUT2D eigenvalue weighted by atomic mass is 79.9. The van der Waals surface area contributed by atoms with Gasteiger partial charge in [0.2, 0.25) is 5.78 Å². The van der Waals surface area contributed by atoms with Gasteiger partial charge in [0.05, 0.1) is 16.9 Å². The van der Waals surface area contributed by atoms with Gasteiger partial charge < -0.3 is 0 Å². The van der Waals surface area contributed by atoms with Gasteiger partial charge in [-0.3, -0.25) is 14.5 Å². The number of aromatic nitrogens is 4. The van der Waals surface area contributed by atoms with Crippen molar-refractivity contribution in [3.8, 4) is 0 Å². The van der Waals surface area contributed by atoms with Crippen LogP contribution in [0.1, 0.15) is 29.5 Å². The van der Waals surface area contributed by atoms with Crippen LogP contribution < -0.4 is 0 Å². The smallest absolute Gasteiger partial charge is 0.232 e. The molecule has 0 unspecified atom stereocenters. The second kappa shape index (κ2) is 5.18. The predicted octanol–water partition coefficient (Wildman–Crippen LogP) is 2.08. The maximum atomic E-state index is 12.2. The lowest BCUT2D eigenvalue weighted by Gasteiger charge is -2.05. The van der Waals surface area contributed by atoms with Gasteiger partial charge in [-0.25, -0.2) is 4.98 Å². The Morgan fingerprint density at radius 1 is 1.41 bits per heavy atom. The van der Waals surface area contributed by atoms with Crippen molar-refractivity contribution in [1.82, 2.24) is 19.7 Å². The van der Waals surface area contributed by atoms with Crippen LogP contribution in [0.3, 0.4) is 0 Å². The highest BCUT2D eigenvalue weighted by molar-refractivity contribution is 9.10. The van der Waals surface area contributed by atoms with Crippen LogP contribution in [-0.4, -0.2) is 25.5 Å². The zero-order chi connectivity index (χ0) is 12.3. The molecule has 0 saturated carbocycles. The molecule has 0 aliphatic rings. The minimum absolute atomic E-state index is 0.170. The van der Waals surface area contributed by atoms with E-state index in [0.29, 0.717) is 22.4 Å². The van der Waals surface area contributed by atoms with Crippen LogP contribution in [0.2, 0.25) is 0 Å². The highest BCUT2D eigenvalue weighted by Gasteiger charge is 2.19. The molecule has 0 aliphatic heterocycles. The molecular weight excluding hydrogens is 284 g/mol. The topological polar surface area (TPSA) is 60.7 Å². The zero-order valence-corrected chi connectivity index (χ0v) is 10.9. The Morgan fingerprint density at radius 2 is 2.24 bits per heavy atom. The summed E-state index contributed by atoms with van der Waals surface area (Å²) in [7, 11) is 0. The Bertz CT molecular complexity index is 524. The van der Waals surface area contributed by atoms with E-state index in [1.807, 2.05) is 6.92 Å². The molecule has 5 nitrogen and oxygen atoms in total. The van der Waals surface area contributed by atoms with Crippen molar-refractivity contribution in [1.29, 1.82) is 0 Å². The number of carbonyl (C=O) groups excluding carboxylic acids is 1. The molecule has 0 aromatic carbocycles. The first kappa shape index (κ1) is 11.9. The van der Waals surface area contributed by atoms with Gasteiger partial charge in [-0.2, -0.15) is 5.10 Å². The number of nitrogens with zero attached hydrogens (tertiary/aromatic N) is 4. The fraction of sp³-hybridized carbons (Fsp3) is 0.273. The summed E-state index contributed by atoms with van der Waals surface area (Å²) >= 11 is 3.33. The van der Waals surface area contributed by atoms with E-state index in [1.165, 1.54) is 18.6 Å². The summed E-state index contributed by atoms with van der Waals surface area (Å²) in [6.45, 7) is 2.74. The first-order valence-corrected chi connectivity index (χ1v) is 6.05. The number of hydrogen-bond donors (Lipinski definition) is 0. The molecule has 6 heteroatoms. The van der Waals surface area contributed by atoms with E-state index in [1.54, 1.807) is 10.9 Å². The maximum absolute atomic E-state index is 12.2. The fourth-order valence-corrected chi connectivity index (χ4v) is 1.98. The van der Waals surface area contributed by atoms with Crippen LogP contribution in [0.25, 0.3) is 0 Å². The molecule has 0 atom stereocenters. The van der Waals surface area contributed by atoms with Crippen molar-refractivity contribution in [2.45, 2.75) is 19.9 Å². The minimum atomic E-state index is -0.170. The largest absolute Gasteiger partial charge is 0.285 e. The SMILES string of the molecule is CCCn1ncc(Br)c1C(=O)c1cnccn1. The summed E-state index contributed by atoms with van der Waals surface area (Å²) in [6.07, 6.45) is 7.03. The number of ketones is 1. The third-order valence-corrected chi connectivity index (χ3v) is 2.82. The van der Waals surface area contributed by atoms with Gasteiger partial charge in [0.15, 0.2) is 0 Å². The molecule has 0 aliphatic carbocycles. The van der Waals surface area contributed by atoms with E-state index in [2.05, 4.69) is 31.0 Å². The minimum Gasteiger partial charge on any atom is -0.285 e. The number of halogens is 1. The van der Waals surface area contributed by atoms with Crippen LogP contribution >= 0.6 is 15.9 Å². The normalized spacial score (nSPS) is 10.5. The summed E-state index contributed by atoms with van der Waals surface area (Å²) in [5, 5.41) is 4.15. The Morgan fingerprint density at radius 3 is 2.88 bits per heavy atom. The van der Waals surface area contributed by atoms with Crippen molar-refractivity contribution >= 4 is 21.7 Å². The average molecular weight is 295 g/mol. The highest BCUT2D eigenvalue weighted by Crippen LogP contribution is 2.19. The van der Waals surface area contributed by atoms with E-state index in [-0.39, 0.29) is 5.78 Å². The van der Waals surface area contributed by atoms with Crippen LogP contribution in [0, 0.1) is 0 Å². The van der Waals surface area contributed by atoms with E-state index in [0.717, 1.165) is 6.42 Å². The van der Waals surface area contributed by atoms with Crippen molar-refractivity contribution in [2.24, 2.45) is 0 Å². The lowest BCUT2D eigenvalue weighted by atomic mass is 10.2. The summed E-state index contributed by atoms with van der Waals surface area (Å²) < 4.78 is 2.36. The summed E-state index contributed by atoms with van der Waals surface area (Å²) in [5.74, 6) is -0.170. The van der Waals surface area contributed by atoms with Crippen LogP contribution in [0.5, 0.6) is 0 Å². The molecule has 0 saturated heterocycles. The molecular formula is C11H11BrN4O. The number of hydrogen-bond acceptors (Lipinski definition) is 4. The van der Waals surface area contributed by atoms with E-state index in [9.17, 15) is 4.79 Å². The zero-order valence-electron chi connectivity index (χ0n) is 9.30. The van der Waals surface area contributed by atoms with Gasteiger partial charge in [-0.1, -0.05) is 6.92 Å². The monoisotopic (exact) mass is 294 g/mol. The van der Waals surface area contributed by atoms with Crippen LogP contribution in [-0.2, 0) is 6.54 Å². The Hall–Kier alpha value is -1.56. The number of carbonyl (C=O) groups is 1. The van der Waals surface area contributed by atoms with Crippen LogP contribution in [0.4, 0.5) is 0 Å². The first-order chi connectivity index (χ1) is 8.24. The first-order valence-electron chi connectivity index (χ1n) is 5.26. The third-order valence-electron chi connectivity index (χ3n) is 2.24. The van der Waals surface area contributed by atoms with E-state index in [4.69, 9.17) is 0 Å². The van der Waals surface area contributed by atoms with Gasteiger partial charge in [-0.15, -0.1) is 0 Å². The number of rotatable bonds is 4. The van der Waals surface area contributed by atoms with Crippen molar-refractivity contribution in [3.05, 3.63) is 40.6 Å². The average Bonchev–Trinajstić information content (AvgIpc) is 2.71. The summed E-state index contributed by atoms with van der Waals surface area (Å²) in [4.78, 5) is 20.1. The summed E-state index contributed by atoms with van der Waals surface area (Å²) in [5.41, 5.74) is 0.846. The van der Waals surface area contributed by atoms with Crippen molar-refractivity contribution in [3.63, 3.8) is 0 Å². The second-order valence-electron chi connectivity index (χ2n) is 3.48. The lowest BCUT2D eigenvalue weighted by molar-refractivity contribution is 0.102. The van der Waals surface area contributed by atoms with E-state index < -0.39 is 0 Å². The lowest BCUT2D eigenvalue weighted by Crippen LogP contribution is -2.13. The van der Waals surface area contributed by atoms with Gasteiger partial charge in [0.1, 0.15) is 11.4 Å². The molecule has 0 spiro atoms. The molecule has 2 heterocycles.